The van der Waals surface area contributed by atoms with Gasteiger partial charge in [-0.1, -0.05) is 13.8 Å². The molecule has 58 valence electrons. The first kappa shape index (κ1) is 10.7. The van der Waals surface area contributed by atoms with Crippen molar-refractivity contribution in [2.45, 2.75) is 13.8 Å². The van der Waals surface area contributed by atoms with E-state index in [-0.39, 0.29) is 0 Å². The minimum Gasteiger partial charge on any atom is -0.393 e. The van der Waals surface area contributed by atoms with Crippen LogP contribution in [0.25, 0.3) is 0 Å². The molecule has 0 saturated heterocycles. The van der Waals surface area contributed by atoms with Crippen LogP contribution in [0.1, 0.15) is 13.8 Å². The first-order valence-electron chi connectivity index (χ1n) is 2.86. The molecular weight excluding hydrogens is 354 g/mol. The number of hydrogen-bond donors (Lipinski definition) is 2. The molecular formula is C6H10I2N2. The van der Waals surface area contributed by atoms with Crippen molar-refractivity contribution in [2.24, 2.45) is 11.7 Å². The van der Waals surface area contributed by atoms with E-state index < -0.39 is 0 Å². The van der Waals surface area contributed by atoms with Gasteiger partial charge in [0.2, 0.25) is 0 Å². The van der Waals surface area contributed by atoms with Crippen LogP contribution in [0.2, 0.25) is 0 Å². The molecule has 0 heterocycles. The Kier molecular flexibility index (Phi) is 4.83. The molecule has 0 aliphatic rings. The van der Waals surface area contributed by atoms with Crippen LogP contribution in [0.5, 0.6) is 0 Å². The van der Waals surface area contributed by atoms with E-state index in [9.17, 15) is 0 Å². The fourth-order valence-electron chi connectivity index (χ4n) is 0.634. The predicted octanol–water partition coefficient (Wildman–Crippen LogP) is 2.66. The van der Waals surface area contributed by atoms with E-state index in [0.29, 0.717) is 9.64 Å². The van der Waals surface area contributed by atoms with Crippen LogP contribution in [0, 0.1) is 11.3 Å². The Hall–Kier alpha value is 0.670. The van der Waals surface area contributed by atoms with E-state index in [1.165, 1.54) is 0 Å². The molecule has 0 saturated carbocycles. The van der Waals surface area contributed by atoms with Crippen LogP contribution in [-0.4, -0.2) is 3.72 Å². The third-order valence-electron chi connectivity index (χ3n) is 1.07. The zero-order chi connectivity index (χ0) is 8.31. The lowest BCUT2D eigenvalue weighted by molar-refractivity contribution is 0.801. The fraction of sp³-hybridized carbons (Fsp3) is 0.500. The molecule has 0 bridgehead atoms. The van der Waals surface area contributed by atoms with Gasteiger partial charge in [0, 0.05) is 5.57 Å². The van der Waals surface area contributed by atoms with E-state index >= 15 is 0 Å². The van der Waals surface area contributed by atoms with E-state index in [0.717, 1.165) is 9.28 Å². The van der Waals surface area contributed by atoms with Gasteiger partial charge in [0.05, 0.1) is 7.42 Å². The molecule has 0 aliphatic heterocycles. The highest BCUT2D eigenvalue weighted by atomic mass is 127. The molecule has 10 heavy (non-hydrogen) atoms. The van der Waals surface area contributed by atoms with Gasteiger partial charge in [-0.05, 0) is 51.1 Å². The average molecular weight is 364 g/mol. The minimum absolute atomic E-state index is 0.348. The first-order chi connectivity index (χ1) is 4.46. The third kappa shape index (κ3) is 3.18. The summed E-state index contributed by atoms with van der Waals surface area (Å²) in [5.41, 5.74) is 6.50. The van der Waals surface area contributed by atoms with Crippen molar-refractivity contribution in [2.75, 3.05) is 0 Å². The summed E-state index contributed by atoms with van der Waals surface area (Å²) in [5.74, 6) is 0.348. The molecule has 0 aromatic rings. The number of hydrogen-bond acceptors (Lipinski definition) is 2. The molecule has 0 radical (unpaired) electrons. The third-order valence-corrected chi connectivity index (χ3v) is 2.23. The number of allylic oxidation sites excluding steroid dienone is 1. The SMILES string of the molecule is CC(C)/C(C(=N)I)=C(/N)I. The van der Waals surface area contributed by atoms with Crippen molar-refractivity contribution in [1.82, 2.24) is 0 Å². The van der Waals surface area contributed by atoms with Gasteiger partial charge in [0.15, 0.2) is 0 Å². The van der Waals surface area contributed by atoms with Crippen LogP contribution >= 0.6 is 45.2 Å². The lowest BCUT2D eigenvalue weighted by atomic mass is 10.1. The van der Waals surface area contributed by atoms with Crippen LogP contribution in [0.15, 0.2) is 9.28 Å². The van der Waals surface area contributed by atoms with Crippen molar-refractivity contribution >= 4 is 48.9 Å². The molecule has 0 amide bonds. The van der Waals surface area contributed by atoms with Crippen LogP contribution in [-0.2, 0) is 0 Å². The number of nitrogens with two attached hydrogens (primary N) is 1. The van der Waals surface area contributed by atoms with Crippen molar-refractivity contribution in [3.8, 4) is 0 Å². The number of rotatable bonds is 2. The lowest BCUT2D eigenvalue weighted by Crippen LogP contribution is -2.07. The van der Waals surface area contributed by atoms with Gasteiger partial charge in [-0.2, -0.15) is 0 Å². The summed E-state index contributed by atoms with van der Waals surface area (Å²) in [5, 5.41) is 7.36. The van der Waals surface area contributed by atoms with Crippen molar-refractivity contribution in [3.63, 3.8) is 0 Å². The summed E-state index contributed by atoms with van der Waals surface area (Å²) in [4.78, 5) is 0. The van der Waals surface area contributed by atoms with Crippen molar-refractivity contribution in [1.29, 1.82) is 5.41 Å². The zero-order valence-corrected chi connectivity index (χ0v) is 10.2. The van der Waals surface area contributed by atoms with Gasteiger partial charge >= 0.3 is 0 Å². The van der Waals surface area contributed by atoms with E-state index in [4.69, 9.17) is 11.1 Å². The van der Waals surface area contributed by atoms with Gasteiger partial charge < -0.3 is 5.73 Å². The Morgan fingerprint density at radius 2 is 1.80 bits per heavy atom. The summed E-state index contributed by atoms with van der Waals surface area (Å²) >= 11 is 4.02. The first-order valence-corrected chi connectivity index (χ1v) is 5.02. The molecule has 0 aromatic carbocycles. The standard InChI is InChI=1S/C6H10I2N2/c1-3(2)4(5(7)9)6(8)10/h3,9H,10H2,1-2H3/b6-4-,9-5?. The number of nitrogens with one attached hydrogen (secondary N) is 1. The zero-order valence-electron chi connectivity index (χ0n) is 5.91. The monoisotopic (exact) mass is 364 g/mol. The Morgan fingerprint density at radius 1 is 1.40 bits per heavy atom. The normalized spacial score (nSPS) is 13.3. The molecule has 0 aromatic heterocycles. The highest BCUT2D eigenvalue weighted by Crippen LogP contribution is 2.19. The average Bonchev–Trinajstić information content (AvgIpc) is 1.59. The molecule has 0 spiro atoms. The second-order valence-corrected chi connectivity index (χ2v) is 4.47. The minimum atomic E-state index is 0.348. The van der Waals surface area contributed by atoms with Gasteiger partial charge in [-0.25, -0.2) is 0 Å². The Bertz CT molecular complexity index is 169. The van der Waals surface area contributed by atoms with Crippen LogP contribution in [0.4, 0.5) is 0 Å². The summed E-state index contributed by atoms with van der Waals surface area (Å²) in [6.07, 6.45) is 0. The van der Waals surface area contributed by atoms with E-state index in [1.807, 2.05) is 59.0 Å². The summed E-state index contributed by atoms with van der Waals surface area (Å²) in [6, 6.07) is 0. The van der Waals surface area contributed by atoms with Crippen LogP contribution < -0.4 is 5.73 Å². The Morgan fingerprint density at radius 3 is 1.80 bits per heavy atom. The molecule has 0 atom stereocenters. The summed E-state index contributed by atoms with van der Waals surface area (Å²) in [7, 11) is 0. The van der Waals surface area contributed by atoms with Gasteiger partial charge in [-0.15, -0.1) is 0 Å². The lowest BCUT2D eigenvalue weighted by Gasteiger charge is -2.08. The quantitative estimate of drug-likeness (QED) is 0.442. The topological polar surface area (TPSA) is 49.9 Å². The molecule has 0 fully saturated rings. The number of halogens is 2. The van der Waals surface area contributed by atoms with E-state index in [1.54, 1.807) is 0 Å². The predicted molar refractivity (Wildman–Crippen MR) is 61.8 cm³/mol. The maximum absolute atomic E-state index is 7.36. The molecule has 2 nitrogen and oxygen atoms in total. The second kappa shape index (κ2) is 4.53. The van der Waals surface area contributed by atoms with Gasteiger partial charge in [0.1, 0.15) is 0 Å². The highest BCUT2D eigenvalue weighted by Gasteiger charge is 2.09. The Labute approximate surface area is 88.4 Å². The molecule has 4 heteroatoms. The molecule has 0 unspecified atom stereocenters. The Balaban J connectivity index is 4.61. The van der Waals surface area contributed by atoms with Gasteiger partial charge in [-0.3, -0.25) is 5.41 Å². The molecule has 0 aliphatic carbocycles. The maximum Gasteiger partial charge on any atom is 0.0979 e. The largest absolute Gasteiger partial charge is 0.393 e. The van der Waals surface area contributed by atoms with E-state index in [2.05, 4.69) is 0 Å². The van der Waals surface area contributed by atoms with Crippen LogP contribution in [0.3, 0.4) is 0 Å². The molecule has 0 rings (SSSR count). The smallest absolute Gasteiger partial charge is 0.0979 e. The van der Waals surface area contributed by atoms with Crippen molar-refractivity contribution in [3.05, 3.63) is 9.28 Å². The molecule has 3 N–H and O–H groups in total. The maximum atomic E-state index is 7.36. The highest BCUT2D eigenvalue weighted by molar-refractivity contribution is 14.1. The summed E-state index contributed by atoms with van der Waals surface area (Å²) in [6.45, 7) is 4.07. The van der Waals surface area contributed by atoms with Crippen molar-refractivity contribution < 1.29 is 0 Å². The second-order valence-electron chi connectivity index (χ2n) is 2.23. The summed E-state index contributed by atoms with van der Waals surface area (Å²) < 4.78 is 1.27. The van der Waals surface area contributed by atoms with Gasteiger partial charge in [0.25, 0.3) is 0 Å². The fourth-order valence-corrected chi connectivity index (χ4v) is 2.96.